The zero-order chi connectivity index (χ0) is 11.1. The summed E-state index contributed by atoms with van der Waals surface area (Å²) in [5.74, 6) is 0.121. The molecule has 0 aromatic carbocycles. The van der Waals surface area contributed by atoms with E-state index in [9.17, 15) is 4.79 Å². The molecule has 0 saturated carbocycles. The Balaban J connectivity index is 2.39. The number of hydrogen-bond donors (Lipinski definition) is 2. The summed E-state index contributed by atoms with van der Waals surface area (Å²) < 4.78 is 0. The van der Waals surface area contributed by atoms with E-state index in [4.69, 9.17) is 5.73 Å². The van der Waals surface area contributed by atoms with Gasteiger partial charge in [0.05, 0.1) is 0 Å². The van der Waals surface area contributed by atoms with Crippen molar-refractivity contribution in [3.63, 3.8) is 0 Å². The molecule has 1 aromatic heterocycles. The molecule has 0 aliphatic rings. The molecule has 0 aliphatic heterocycles. The monoisotopic (exact) mass is 208 g/mol. The standard InChI is InChI=1S/C10H16N4O/c1-2-3-4-7-12-9-6-5-8(10(11)15)13-14-9/h5-6H,2-4,7H2,1H3,(H2,11,15)(H,12,14). The molecule has 0 saturated heterocycles. The smallest absolute Gasteiger partial charge is 0.269 e. The normalized spacial score (nSPS) is 9.93. The van der Waals surface area contributed by atoms with Crippen molar-refractivity contribution in [1.29, 1.82) is 0 Å². The molecule has 5 heteroatoms. The maximum absolute atomic E-state index is 10.7. The highest BCUT2D eigenvalue weighted by molar-refractivity contribution is 5.90. The van der Waals surface area contributed by atoms with Gasteiger partial charge < -0.3 is 11.1 Å². The molecule has 1 heterocycles. The molecule has 5 nitrogen and oxygen atoms in total. The van der Waals surface area contributed by atoms with Crippen molar-refractivity contribution in [1.82, 2.24) is 10.2 Å². The van der Waals surface area contributed by atoms with Crippen LogP contribution in [0.15, 0.2) is 12.1 Å². The first kappa shape index (κ1) is 11.4. The van der Waals surface area contributed by atoms with Gasteiger partial charge in [-0.2, -0.15) is 0 Å². The van der Waals surface area contributed by atoms with E-state index in [1.54, 1.807) is 12.1 Å². The minimum Gasteiger partial charge on any atom is -0.369 e. The van der Waals surface area contributed by atoms with E-state index < -0.39 is 5.91 Å². The van der Waals surface area contributed by atoms with E-state index in [2.05, 4.69) is 22.4 Å². The van der Waals surface area contributed by atoms with Gasteiger partial charge in [-0.1, -0.05) is 19.8 Å². The number of nitrogens with one attached hydrogen (secondary N) is 1. The third-order valence-corrected chi connectivity index (χ3v) is 2.00. The number of nitrogens with two attached hydrogens (primary N) is 1. The summed E-state index contributed by atoms with van der Waals surface area (Å²) in [6.45, 7) is 3.03. The van der Waals surface area contributed by atoms with Gasteiger partial charge in [0, 0.05) is 6.54 Å². The summed E-state index contributed by atoms with van der Waals surface area (Å²) in [7, 11) is 0. The van der Waals surface area contributed by atoms with Crippen molar-refractivity contribution in [3.05, 3.63) is 17.8 Å². The van der Waals surface area contributed by atoms with Gasteiger partial charge in [-0.05, 0) is 18.6 Å². The number of primary amides is 1. The molecule has 0 unspecified atom stereocenters. The Hall–Kier alpha value is -1.65. The second-order valence-electron chi connectivity index (χ2n) is 3.30. The van der Waals surface area contributed by atoms with Gasteiger partial charge in [0.1, 0.15) is 5.82 Å². The SMILES string of the molecule is CCCCCNc1ccc(C(N)=O)nn1. The van der Waals surface area contributed by atoms with Gasteiger partial charge in [-0.3, -0.25) is 4.79 Å². The second-order valence-corrected chi connectivity index (χ2v) is 3.30. The summed E-state index contributed by atoms with van der Waals surface area (Å²) in [5, 5.41) is 10.6. The molecule has 3 N–H and O–H groups in total. The first-order valence-corrected chi connectivity index (χ1v) is 5.11. The van der Waals surface area contributed by atoms with Gasteiger partial charge in [0.25, 0.3) is 5.91 Å². The van der Waals surface area contributed by atoms with Crippen molar-refractivity contribution in [2.75, 3.05) is 11.9 Å². The van der Waals surface area contributed by atoms with Crippen LogP contribution in [0.4, 0.5) is 5.82 Å². The van der Waals surface area contributed by atoms with E-state index in [1.165, 1.54) is 12.8 Å². The molecule has 82 valence electrons. The van der Waals surface area contributed by atoms with E-state index in [0.29, 0.717) is 5.82 Å². The molecule has 15 heavy (non-hydrogen) atoms. The molecule has 0 spiro atoms. The van der Waals surface area contributed by atoms with Crippen LogP contribution in [-0.2, 0) is 0 Å². The highest BCUT2D eigenvalue weighted by Gasteiger charge is 2.01. The number of carbonyl (C=O) groups excluding carboxylic acids is 1. The fraction of sp³-hybridized carbons (Fsp3) is 0.500. The van der Waals surface area contributed by atoms with Crippen LogP contribution in [0, 0.1) is 0 Å². The summed E-state index contributed by atoms with van der Waals surface area (Å²) >= 11 is 0. The fourth-order valence-corrected chi connectivity index (χ4v) is 1.15. The Kier molecular flexibility index (Phi) is 4.53. The third-order valence-electron chi connectivity index (χ3n) is 2.00. The number of carbonyl (C=O) groups is 1. The number of nitrogens with zero attached hydrogens (tertiary/aromatic N) is 2. The third kappa shape index (κ3) is 3.93. The van der Waals surface area contributed by atoms with Crippen LogP contribution in [0.2, 0.25) is 0 Å². The number of aromatic nitrogens is 2. The van der Waals surface area contributed by atoms with Gasteiger partial charge in [0.15, 0.2) is 5.69 Å². The summed E-state index contributed by atoms with van der Waals surface area (Å²) in [5.41, 5.74) is 5.23. The Bertz CT molecular complexity index is 310. The quantitative estimate of drug-likeness (QED) is 0.688. The van der Waals surface area contributed by atoms with Crippen LogP contribution >= 0.6 is 0 Å². The van der Waals surface area contributed by atoms with Crippen molar-refractivity contribution in [3.8, 4) is 0 Å². The van der Waals surface area contributed by atoms with E-state index >= 15 is 0 Å². The first-order valence-electron chi connectivity index (χ1n) is 5.11. The molecular weight excluding hydrogens is 192 g/mol. The maximum Gasteiger partial charge on any atom is 0.269 e. The van der Waals surface area contributed by atoms with Crippen LogP contribution in [0.1, 0.15) is 36.7 Å². The lowest BCUT2D eigenvalue weighted by molar-refractivity contribution is 0.0994. The number of amides is 1. The Morgan fingerprint density at radius 3 is 2.73 bits per heavy atom. The van der Waals surface area contributed by atoms with Gasteiger partial charge >= 0.3 is 0 Å². The maximum atomic E-state index is 10.7. The zero-order valence-electron chi connectivity index (χ0n) is 8.86. The Labute approximate surface area is 89.1 Å². The summed E-state index contributed by atoms with van der Waals surface area (Å²) in [4.78, 5) is 10.7. The van der Waals surface area contributed by atoms with E-state index in [0.717, 1.165) is 13.0 Å². The van der Waals surface area contributed by atoms with Crippen LogP contribution in [0.3, 0.4) is 0 Å². The molecule has 1 amide bonds. The number of anilines is 1. The van der Waals surface area contributed by atoms with Gasteiger partial charge in [-0.25, -0.2) is 0 Å². The molecule has 0 fully saturated rings. The molecule has 1 rings (SSSR count). The topological polar surface area (TPSA) is 80.9 Å². The summed E-state index contributed by atoms with van der Waals surface area (Å²) in [6.07, 6.45) is 3.49. The molecule has 1 aromatic rings. The van der Waals surface area contributed by atoms with Crippen molar-refractivity contribution in [2.45, 2.75) is 26.2 Å². The van der Waals surface area contributed by atoms with Crippen molar-refractivity contribution >= 4 is 11.7 Å². The average molecular weight is 208 g/mol. The van der Waals surface area contributed by atoms with Crippen LogP contribution in [0.5, 0.6) is 0 Å². The lowest BCUT2D eigenvalue weighted by atomic mass is 10.2. The molecule has 0 aliphatic carbocycles. The Morgan fingerprint density at radius 1 is 1.40 bits per heavy atom. The lowest BCUT2D eigenvalue weighted by Crippen LogP contribution is -2.14. The second kappa shape index (κ2) is 5.95. The van der Waals surface area contributed by atoms with Crippen LogP contribution in [0.25, 0.3) is 0 Å². The number of unbranched alkanes of at least 4 members (excludes halogenated alkanes) is 2. The minimum atomic E-state index is -0.556. The van der Waals surface area contributed by atoms with E-state index in [1.807, 2.05) is 0 Å². The van der Waals surface area contributed by atoms with E-state index in [-0.39, 0.29) is 5.69 Å². The number of rotatable bonds is 6. The molecule has 0 radical (unpaired) electrons. The predicted octanol–water partition coefficient (Wildman–Crippen LogP) is 1.18. The fourth-order valence-electron chi connectivity index (χ4n) is 1.15. The molecule has 0 bridgehead atoms. The van der Waals surface area contributed by atoms with Crippen molar-refractivity contribution in [2.24, 2.45) is 5.73 Å². The van der Waals surface area contributed by atoms with Crippen molar-refractivity contribution < 1.29 is 4.79 Å². The predicted molar refractivity (Wildman–Crippen MR) is 58.6 cm³/mol. The highest BCUT2D eigenvalue weighted by Crippen LogP contribution is 2.02. The number of hydrogen-bond acceptors (Lipinski definition) is 4. The van der Waals surface area contributed by atoms with Gasteiger partial charge in [0.2, 0.25) is 0 Å². The zero-order valence-corrected chi connectivity index (χ0v) is 8.86. The summed E-state index contributed by atoms with van der Waals surface area (Å²) in [6, 6.07) is 3.27. The highest BCUT2D eigenvalue weighted by atomic mass is 16.1. The minimum absolute atomic E-state index is 0.189. The Morgan fingerprint density at radius 2 is 2.20 bits per heavy atom. The largest absolute Gasteiger partial charge is 0.369 e. The average Bonchev–Trinajstić information content (AvgIpc) is 2.25. The molecular formula is C10H16N4O. The molecule has 0 atom stereocenters. The van der Waals surface area contributed by atoms with Crippen LogP contribution < -0.4 is 11.1 Å². The first-order chi connectivity index (χ1) is 7.24. The van der Waals surface area contributed by atoms with Gasteiger partial charge in [-0.15, -0.1) is 10.2 Å². The van der Waals surface area contributed by atoms with Crippen LogP contribution in [-0.4, -0.2) is 22.6 Å². The lowest BCUT2D eigenvalue weighted by Gasteiger charge is -2.03.